The summed E-state index contributed by atoms with van der Waals surface area (Å²) in [5, 5.41) is 0. The summed E-state index contributed by atoms with van der Waals surface area (Å²) in [4.78, 5) is 0. The molecule has 0 aliphatic carbocycles. The fourth-order valence-corrected chi connectivity index (χ4v) is 2.59. The van der Waals surface area contributed by atoms with Gasteiger partial charge in [0.2, 0.25) is 0 Å². The van der Waals surface area contributed by atoms with E-state index in [1.807, 2.05) is 24.3 Å². The van der Waals surface area contributed by atoms with Gasteiger partial charge in [-0.15, -0.1) is 0 Å². The topological polar surface area (TPSA) is 35.2 Å². The summed E-state index contributed by atoms with van der Waals surface area (Å²) in [5.74, 6) is 0.247. The summed E-state index contributed by atoms with van der Waals surface area (Å²) in [6.45, 7) is 0.331. The van der Waals surface area contributed by atoms with E-state index in [-0.39, 0.29) is 11.9 Å². The van der Waals surface area contributed by atoms with Crippen molar-refractivity contribution in [1.29, 1.82) is 0 Å². The van der Waals surface area contributed by atoms with Gasteiger partial charge < -0.3 is 10.5 Å². The van der Waals surface area contributed by atoms with E-state index in [1.165, 1.54) is 6.07 Å². The molecule has 0 saturated heterocycles. The minimum absolute atomic E-state index is 0.284. The van der Waals surface area contributed by atoms with Gasteiger partial charge in [0.15, 0.2) is 0 Å². The summed E-state index contributed by atoms with van der Waals surface area (Å²) < 4.78 is 20.3. The number of benzene rings is 2. The molecule has 2 nitrogen and oxygen atoms in total. The lowest BCUT2D eigenvalue weighted by Crippen LogP contribution is -2.18. The molecule has 5 heteroatoms. The number of ether oxygens (including phenoxy) is 1. The first-order valence-corrected chi connectivity index (χ1v) is 7.26. The molecule has 0 radical (unpaired) electrons. The molecule has 1 atom stereocenters. The van der Waals surface area contributed by atoms with E-state index in [0.717, 1.165) is 10.0 Å². The molecule has 0 saturated carbocycles. The Labute approximate surface area is 128 Å². The van der Waals surface area contributed by atoms with Gasteiger partial charge in [-0.25, -0.2) is 4.39 Å². The fourth-order valence-electron chi connectivity index (χ4n) is 1.69. The Morgan fingerprint density at radius 3 is 2.47 bits per heavy atom. The van der Waals surface area contributed by atoms with Gasteiger partial charge in [0.05, 0.1) is 4.47 Å². The zero-order valence-corrected chi connectivity index (χ0v) is 13.1. The van der Waals surface area contributed by atoms with E-state index in [0.29, 0.717) is 16.8 Å². The monoisotopic (exact) mass is 387 g/mol. The summed E-state index contributed by atoms with van der Waals surface area (Å²) in [6.07, 6.45) is -0.284. The van der Waals surface area contributed by atoms with Gasteiger partial charge in [0.1, 0.15) is 17.7 Å². The molecule has 2 aromatic carbocycles. The van der Waals surface area contributed by atoms with Gasteiger partial charge in [-0.1, -0.05) is 34.1 Å². The predicted molar refractivity (Wildman–Crippen MR) is 80.7 cm³/mol. The van der Waals surface area contributed by atoms with Crippen LogP contribution in [0.2, 0.25) is 0 Å². The number of halogens is 3. The molecule has 0 amide bonds. The van der Waals surface area contributed by atoms with Crippen LogP contribution in [0.5, 0.6) is 5.75 Å². The highest BCUT2D eigenvalue weighted by Gasteiger charge is 2.15. The first kappa shape index (κ1) is 14.5. The molecular weight excluding hydrogens is 377 g/mol. The van der Waals surface area contributed by atoms with Crippen molar-refractivity contribution < 1.29 is 9.13 Å². The third-order valence-corrected chi connectivity index (χ3v) is 3.97. The van der Waals surface area contributed by atoms with Crippen molar-refractivity contribution in [2.75, 3.05) is 6.54 Å². The Morgan fingerprint density at radius 1 is 1.11 bits per heavy atom. The summed E-state index contributed by atoms with van der Waals surface area (Å²) in [7, 11) is 0. The largest absolute Gasteiger partial charge is 0.484 e. The van der Waals surface area contributed by atoms with Crippen LogP contribution in [-0.4, -0.2) is 6.54 Å². The second kappa shape index (κ2) is 6.50. The molecule has 0 aliphatic rings. The Kier molecular flexibility index (Phi) is 4.96. The third kappa shape index (κ3) is 3.55. The maximum atomic E-state index is 13.2. The molecule has 0 spiro atoms. The highest BCUT2D eigenvalue weighted by atomic mass is 79.9. The molecule has 100 valence electrons. The van der Waals surface area contributed by atoms with Crippen molar-refractivity contribution in [2.24, 2.45) is 5.73 Å². The Morgan fingerprint density at radius 2 is 1.84 bits per heavy atom. The zero-order valence-electron chi connectivity index (χ0n) is 9.95. The Hall–Kier alpha value is -0.910. The lowest BCUT2D eigenvalue weighted by atomic mass is 10.1. The lowest BCUT2D eigenvalue weighted by Gasteiger charge is -2.19. The minimum Gasteiger partial charge on any atom is -0.484 e. The van der Waals surface area contributed by atoms with Crippen LogP contribution in [0.3, 0.4) is 0 Å². The molecule has 0 fully saturated rings. The van der Waals surface area contributed by atoms with E-state index in [2.05, 4.69) is 31.9 Å². The second-order valence-electron chi connectivity index (χ2n) is 3.94. The van der Waals surface area contributed by atoms with Crippen molar-refractivity contribution in [3.63, 3.8) is 0 Å². The molecule has 2 aromatic rings. The van der Waals surface area contributed by atoms with E-state index in [9.17, 15) is 4.39 Å². The lowest BCUT2D eigenvalue weighted by molar-refractivity contribution is 0.213. The number of nitrogens with two attached hydrogens (primary N) is 1. The van der Waals surface area contributed by atoms with Gasteiger partial charge in [0.25, 0.3) is 0 Å². The highest BCUT2D eigenvalue weighted by Crippen LogP contribution is 2.29. The van der Waals surface area contributed by atoms with Crippen molar-refractivity contribution in [3.05, 3.63) is 62.8 Å². The normalized spacial score (nSPS) is 12.2. The Bertz CT molecular complexity index is 577. The number of hydrogen-bond donors (Lipinski definition) is 1. The molecule has 0 bridgehead atoms. The van der Waals surface area contributed by atoms with Gasteiger partial charge in [-0.05, 0) is 40.2 Å². The predicted octanol–water partition coefficient (Wildman–Crippen LogP) is 4.43. The van der Waals surface area contributed by atoms with Crippen LogP contribution in [-0.2, 0) is 0 Å². The SMILES string of the molecule is NCC(Oc1ccc(F)c(Br)c1)c1ccccc1Br. The summed E-state index contributed by atoms with van der Waals surface area (Å²) >= 11 is 6.61. The average Bonchev–Trinajstić information content (AvgIpc) is 2.41. The molecule has 0 heterocycles. The van der Waals surface area contributed by atoms with Crippen LogP contribution in [0, 0.1) is 5.82 Å². The van der Waals surface area contributed by atoms with Crippen LogP contribution in [0.15, 0.2) is 51.4 Å². The first-order valence-electron chi connectivity index (χ1n) is 5.68. The van der Waals surface area contributed by atoms with Crippen LogP contribution in [0.25, 0.3) is 0 Å². The van der Waals surface area contributed by atoms with Crippen LogP contribution in [0.4, 0.5) is 4.39 Å². The molecule has 0 aliphatic heterocycles. The minimum atomic E-state index is -0.322. The second-order valence-corrected chi connectivity index (χ2v) is 5.65. The molecule has 2 N–H and O–H groups in total. The number of hydrogen-bond acceptors (Lipinski definition) is 2. The molecule has 19 heavy (non-hydrogen) atoms. The van der Waals surface area contributed by atoms with E-state index >= 15 is 0 Å². The van der Waals surface area contributed by atoms with Gasteiger partial charge >= 0.3 is 0 Å². The van der Waals surface area contributed by atoms with Crippen molar-refractivity contribution in [2.45, 2.75) is 6.10 Å². The van der Waals surface area contributed by atoms with Gasteiger partial charge in [0, 0.05) is 16.6 Å². The maximum absolute atomic E-state index is 13.2. The molecular formula is C14H12Br2FNO. The van der Waals surface area contributed by atoms with Crippen molar-refractivity contribution >= 4 is 31.9 Å². The Balaban J connectivity index is 2.24. The van der Waals surface area contributed by atoms with Gasteiger partial charge in [-0.3, -0.25) is 0 Å². The first-order chi connectivity index (χ1) is 9.11. The van der Waals surface area contributed by atoms with Crippen LogP contribution < -0.4 is 10.5 Å². The van der Waals surface area contributed by atoms with Crippen LogP contribution in [0.1, 0.15) is 11.7 Å². The fraction of sp³-hybridized carbons (Fsp3) is 0.143. The molecule has 1 unspecified atom stereocenters. The van der Waals surface area contributed by atoms with E-state index < -0.39 is 0 Å². The van der Waals surface area contributed by atoms with E-state index in [1.54, 1.807) is 12.1 Å². The average molecular weight is 389 g/mol. The summed E-state index contributed by atoms with van der Waals surface area (Å²) in [6, 6.07) is 12.3. The van der Waals surface area contributed by atoms with Gasteiger partial charge in [-0.2, -0.15) is 0 Å². The zero-order chi connectivity index (χ0) is 13.8. The van der Waals surface area contributed by atoms with Crippen molar-refractivity contribution in [1.82, 2.24) is 0 Å². The maximum Gasteiger partial charge on any atom is 0.137 e. The summed E-state index contributed by atoms with van der Waals surface area (Å²) in [5.41, 5.74) is 6.72. The van der Waals surface area contributed by atoms with E-state index in [4.69, 9.17) is 10.5 Å². The quantitative estimate of drug-likeness (QED) is 0.840. The highest BCUT2D eigenvalue weighted by molar-refractivity contribution is 9.10. The number of rotatable bonds is 4. The van der Waals surface area contributed by atoms with Crippen molar-refractivity contribution in [3.8, 4) is 5.75 Å². The molecule has 2 rings (SSSR count). The van der Waals surface area contributed by atoms with Crippen LogP contribution >= 0.6 is 31.9 Å². The molecule has 0 aromatic heterocycles. The smallest absolute Gasteiger partial charge is 0.137 e. The third-order valence-electron chi connectivity index (χ3n) is 2.64. The standard InChI is InChI=1S/C14H12Br2FNO/c15-11-4-2-1-3-10(11)14(8-18)19-9-5-6-13(17)12(16)7-9/h1-7,14H,8,18H2.